The first kappa shape index (κ1) is 15.4. The summed E-state index contributed by atoms with van der Waals surface area (Å²) in [6.45, 7) is 4.23. The van der Waals surface area contributed by atoms with Crippen LogP contribution in [0, 0.1) is 0 Å². The second-order valence-corrected chi connectivity index (χ2v) is 5.61. The first-order chi connectivity index (χ1) is 11.2. The van der Waals surface area contributed by atoms with Crippen molar-refractivity contribution in [2.24, 2.45) is 0 Å². The summed E-state index contributed by atoms with van der Waals surface area (Å²) in [5, 5.41) is 8.06. The van der Waals surface area contributed by atoms with Crippen molar-refractivity contribution in [3.05, 3.63) is 65.9 Å². The van der Waals surface area contributed by atoms with Gasteiger partial charge in [-0.25, -0.2) is 4.98 Å². The minimum Gasteiger partial charge on any atom is -0.424 e. The highest BCUT2D eigenvalue weighted by Gasteiger charge is 2.11. The van der Waals surface area contributed by atoms with Crippen molar-refractivity contribution in [1.29, 1.82) is 0 Å². The van der Waals surface area contributed by atoms with Crippen molar-refractivity contribution in [1.82, 2.24) is 24.6 Å². The second kappa shape index (κ2) is 7.19. The predicted octanol–water partition coefficient (Wildman–Crippen LogP) is 2.51. The predicted molar refractivity (Wildman–Crippen MR) is 86.6 cm³/mol. The maximum absolute atomic E-state index is 5.56. The van der Waals surface area contributed by atoms with E-state index in [0.29, 0.717) is 18.3 Å². The van der Waals surface area contributed by atoms with Gasteiger partial charge in [0.05, 0.1) is 18.6 Å². The molecule has 0 saturated carbocycles. The average molecular weight is 311 g/mol. The van der Waals surface area contributed by atoms with Crippen molar-refractivity contribution < 1.29 is 4.42 Å². The molecular formula is C17H21N5O. The number of aromatic nitrogens is 4. The average Bonchev–Trinajstić information content (AvgIpc) is 3.18. The normalized spacial score (nSPS) is 11.3. The summed E-state index contributed by atoms with van der Waals surface area (Å²) in [6.07, 6.45) is 4.54. The maximum Gasteiger partial charge on any atom is 0.230 e. The minimum absolute atomic E-state index is 0.628. The minimum atomic E-state index is 0.628. The van der Waals surface area contributed by atoms with Crippen molar-refractivity contribution >= 4 is 0 Å². The summed E-state index contributed by atoms with van der Waals surface area (Å²) in [7, 11) is 2.04. The lowest BCUT2D eigenvalue weighted by atomic mass is 10.2. The summed E-state index contributed by atoms with van der Waals surface area (Å²) in [4.78, 5) is 6.42. The molecule has 6 heteroatoms. The van der Waals surface area contributed by atoms with Crippen LogP contribution in [0.4, 0.5) is 0 Å². The Morgan fingerprint density at radius 2 is 1.87 bits per heavy atom. The summed E-state index contributed by atoms with van der Waals surface area (Å²) in [6, 6.07) is 10.4. The van der Waals surface area contributed by atoms with Gasteiger partial charge in [-0.15, -0.1) is 10.2 Å². The number of aryl methyl sites for hydroxylation is 1. The third kappa shape index (κ3) is 4.04. The molecule has 3 rings (SSSR count). The molecule has 0 aliphatic carbocycles. The Hall–Kier alpha value is -2.47. The topological polar surface area (TPSA) is 60.0 Å². The molecule has 0 atom stereocenters. The molecule has 0 saturated heterocycles. The quantitative estimate of drug-likeness (QED) is 0.671. The van der Waals surface area contributed by atoms with Gasteiger partial charge in [-0.2, -0.15) is 0 Å². The van der Waals surface area contributed by atoms with Gasteiger partial charge in [-0.1, -0.05) is 37.3 Å². The van der Waals surface area contributed by atoms with Gasteiger partial charge in [0.25, 0.3) is 0 Å². The van der Waals surface area contributed by atoms with Crippen molar-refractivity contribution in [2.75, 3.05) is 7.05 Å². The fourth-order valence-electron chi connectivity index (χ4n) is 2.46. The van der Waals surface area contributed by atoms with E-state index < -0.39 is 0 Å². The molecule has 0 bridgehead atoms. The first-order valence-corrected chi connectivity index (χ1v) is 7.77. The van der Waals surface area contributed by atoms with Gasteiger partial charge in [-0.3, -0.25) is 4.90 Å². The number of hydrogen-bond acceptors (Lipinski definition) is 5. The Morgan fingerprint density at radius 1 is 1.09 bits per heavy atom. The molecule has 2 aromatic heterocycles. The SMILES string of the molecule is CCc1nnc(CN(C)Cc2cncn2Cc2ccccc2)o1. The Kier molecular flexibility index (Phi) is 4.83. The monoisotopic (exact) mass is 311 g/mol. The number of benzene rings is 1. The largest absolute Gasteiger partial charge is 0.424 e. The molecule has 120 valence electrons. The van der Waals surface area contributed by atoms with E-state index in [1.54, 1.807) is 0 Å². The van der Waals surface area contributed by atoms with Crippen LogP contribution in [0.5, 0.6) is 0 Å². The smallest absolute Gasteiger partial charge is 0.230 e. The lowest BCUT2D eigenvalue weighted by Crippen LogP contribution is -2.19. The van der Waals surface area contributed by atoms with Crippen molar-refractivity contribution in [2.45, 2.75) is 33.0 Å². The van der Waals surface area contributed by atoms with E-state index in [1.807, 2.05) is 32.6 Å². The fourth-order valence-corrected chi connectivity index (χ4v) is 2.46. The lowest BCUT2D eigenvalue weighted by molar-refractivity contribution is 0.272. The Balaban J connectivity index is 1.62. The zero-order valence-electron chi connectivity index (χ0n) is 13.5. The van der Waals surface area contributed by atoms with Gasteiger partial charge in [0, 0.05) is 25.7 Å². The van der Waals surface area contributed by atoms with Gasteiger partial charge in [0.1, 0.15) is 0 Å². The van der Waals surface area contributed by atoms with E-state index in [0.717, 1.165) is 25.2 Å². The van der Waals surface area contributed by atoms with Crippen LogP contribution in [0.2, 0.25) is 0 Å². The van der Waals surface area contributed by atoms with E-state index in [9.17, 15) is 0 Å². The molecule has 1 aromatic carbocycles. The van der Waals surface area contributed by atoms with Gasteiger partial charge in [-0.05, 0) is 12.6 Å². The molecule has 0 amide bonds. The Labute approximate surface area is 135 Å². The zero-order valence-corrected chi connectivity index (χ0v) is 13.5. The molecule has 0 N–H and O–H groups in total. The summed E-state index contributed by atoms with van der Waals surface area (Å²) in [5.74, 6) is 1.33. The molecule has 6 nitrogen and oxygen atoms in total. The summed E-state index contributed by atoms with van der Waals surface area (Å²) < 4.78 is 7.73. The molecule has 0 unspecified atom stereocenters. The highest BCUT2D eigenvalue weighted by atomic mass is 16.4. The Morgan fingerprint density at radius 3 is 2.61 bits per heavy atom. The first-order valence-electron chi connectivity index (χ1n) is 7.77. The van der Waals surface area contributed by atoms with Crippen LogP contribution in [0.25, 0.3) is 0 Å². The molecule has 23 heavy (non-hydrogen) atoms. The van der Waals surface area contributed by atoms with Gasteiger partial charge in [0.15, 0.2) is 0 Å². The third-order valence-electron chi connectivity index (χ3n) is 3.64. The zero-order chi connectivity index (χ0) is 16.1. The summed E-state index contributed by atoms with van der Waals surface area (Å²) in [5.41, 5.74) is 2.42. The molecule has 0 aliphatic heterocycles. The number of hydrogen-bond donors (Lipinski definition) is 0. The van der Waals surface area contributed by atoms with Crippen LogP contribution in [0.1, 0.15) is 30.0 Å². The van der Waals surface area contributed by atoms with Gasteiger partial charge >= 0.3 is 0 Å². The highest BCUT2D eigenvalue weighted by molar-refractivity contribution is 5.16. The van der Waals surface area contributed by atoms with E-state index in [4.69, 9.17) is 4.42 Å². The molecule has 0 spiro atoms. The number of imidazole rings is 1. The van der Waals surface area contributed by atoms with Crippen molar-refractivity contribution in [3.8, 4) is 0 Å². The van der Waals surface area contributed by atoms with Gasteiger partial charge < -0.3 is 8.98 Å². The number of rotatable bonds is 7. The van der Waals surface area contributed by atoms with E-state index in [2.05, 4.69) is 48.9 Å². The van der Waals surface area contributed by atoms with Crippen LogP contribution in [0.15, 0.2) is 47.3 Å². The molecule has 0 fully saturated rings. The maximum atomic E-state index is 5.56. The Bertz CT molecular complexity index is 734. The van der Waals surface area contributed by atoms with Crippen LogP contribution in [-0.2, 0) is 26.1 Å². The lowest BCUT2D eigenvalue weighted by Gasteiger charge is -2.16. The van der Waals surface area contributed by atoms with Crippen LogP contribution in [-0.4, -0.2) is 31.7 Å². The van der Waals surface area contributed by atoms with Crippen LogP contribution < -0.4 is 0 Å². The molecule has 0 aliphatic rings. The number of nitrogens with zero attached hydrogens (tertiary/aromatic N) is 5. The standard InChI is InChI=1S/C17H21N5O/c1-3-16-19-20-17(23-16)12-21(2)11-15-9-18-13-22(15)10-14-7-5-4-6-8-14/h4-9,13H,3,10-12H2,1-2H3. The van der Waals surface area contributed by atoms with E-state index in [1.165, 1.54) is 5.56 Å². The van der Waals surface area contributed by atoms with Crippen LogP contribution in [0.3, 0.4) is 0 Å². The van der Waals surface area contributed by atoms with E-state index >= 15 is 0 Å². The fraction of sp³-hybridized carbons (Fsp3) is 0.353. The second-order valence-electron chi connectivity index (χ2n) is 5.61. The van der Waals surface area contributed by atoms with E-state index in [-0.39, 0.29) is 0 Å². The molecular weight excluding hydrogens is 290 g/mol. The highest BCUT2D eigenvalue weighted by Crippen LogP contribution is 2.10. The van der Waals surface area contributed by atoms with Crippen molar-refractivity contribution in [3.63, 3.8) is 0 Å². The summed E-state index contributed by atoms with van der Waals surface area (Å²) >= 11 is 0. The third-order valence-corrected chi connectivity index (χ3v) is 3.64. The molecule has 3 aromatic rings. The molecule has 0 radical (unpaired) electrons. The van der Waals surface area contributed by atoms with Gasteiger partial charge in [0.2, 0.25) is 11.8 Å². The molecule has 2 heterocycles. The van der Waals surface area contributed by atoms with Crippen LogP contribution >= 0.6 is 0 Å².